The summed E-state index contributed by atoms with van der Waals surface area (Å²) in [7, 11) is 1.70. The van der Waals surface area contributed by atoms with Gasteiger partial charge in [0.25, 0.3) is 0 Å². The fraction of sp³-hybridized carbons (Fsp3) is 0.500. The van der Waals surface area contributed by atoms with Gasteiger partial charge in [-0.3, -0.25) is 0 Å². The van der Waals surface area contributed by atoms with Crippen molar-refractivity contribution in [3.63, 3.8) is 0 Å². The topological polar surface area (TPSA) is 55.6 Å². The predicted octanol–water partition coefficient (Wildman–Crippen LogP) is 3.32. The van der Waals surface area contributed by atoms with Crippen LogP contribution in [-0.4, -0.2) is 30.2 Å². The molecule has 0 fully saturated rings. The molecule has 1 rings (SSSR count). The highest BCUT2D eigenvalue weighted by molar-refractivity contribution is 9.10. The molecule has 1 atom stereocenters. The fourth-order valence-corrected chi connectivity index (χ4v) is 2.11. The van der Waals surface area contributed by atoms with Crippen molar-refractivity contribution >= 4 is 22.0 Å². The number of nitrogens with zero attached hydrogens (tertiary/aromatic N) is 1. The Morgan fingerprint density at radius 3 is 2.58 bits per heavy atom. The number of likely N-dealkylation sites (N-methyl/N-ethyl adjacent to an activating group) is 1. The van der Waals surface area contributed by atoms with Gasteiger partial charge in [-0.1, -0.05) is 28.1 Å². The van der Waals surface area contributed by atoms with Gasteiger partial charge in [-0.15, -0.1) is 0 Å². The molecule has 2 N–H and O–H groups in total. The number of nitrogens with two attached hydrogens (primary N) is 1. The Hall–Kier alpha value is -1.07. The van der Waals surface area contributed by atoms with Crippen molar-refractivity contribution in [2.24, 2.45) is 5.73 Å². The number of halogens is 1. The quantitative estimate of drug-likeness (QED) is 0.925. The normalized spacial score (nSPS) is 12.9. The van der Waals surface area contributed by atoms with E-state index in [9.17, 15) is 4.79 Å². The lowest BCUT2D eigenvalue weighted by atomic mass is 10.1. The largest absolute Gasteiger partial charge is 0.444 e. The summed E-state index contributed by atoms with van der Waals surface area (Å²) < 4.78 is 6.31. The van der Waals surface area contributed by atoms with Gasteiger partial charge in [0.15, 0.2) is 0 Å². The number of ether oxygens (including phenoxy) is 1. The van der Waals surface area contributed by atoms with E-state index in [-0.39, 0.29) is 12.1 Å². The van der Waals surface area contributed by atoms with Crippen molar-refractivity contribution in [1.29, 1.82) is 0 Å². The molecule has 0 heterocycles. The molecule has 0 aliphatic carbocycles. The Morgan fingerprint density at radius 2 is 2.11 bits per heavy atom. The highest BCUT2D eigenvalue weighted by atomic mass is 79.9. The lowest BCUT2D eigenvalue weighted by Crippen LogP contribution is -2.39. The van der Waals surface area contributed by atoms with E-state index < -0.39 is 5.60 Å². The molecule has 0 aliphatic rings. The van der Waals surface area contributed by atoms with Crippen LogP contribution in [-0.2, 0) is 4.74 Å². The maximum Gasteiger partial charge on any atom is 0.410 e. The first-order chi connectivity index (χ1) is 8.74. The summed E-state index contributed by atoms with van der Waals surface area (Å²) in [6.45, 7) is 5.87. The number of carbonyl (C=O) groups is 1. The van der Waals surface area contributed by atoms with Gasteiger partial charge in [0, 0.05) is 18.1 Å². The van der Waals surface area contributed by atoms with Crippen LogP contribution in [0.15, 0.2) is 28.7 Å². The lowest BCUT2D eigenvalue weighted by Gasteiger charge is -2.30. The summed E-state index contributed by atoms with van der Waals surface area (Å²) in [4.78, 5) is 13.6. The summed E-state index contributed by atoms with van der Waals surface area (Å²) in [5.74, 6) is 0. The summed E-state index contributed by atoms with van der Waals surface area (Å²) in [6.07, 6.45) is -0.372. The molecule has 106 valence electrons. The molecule has 4 nitrogen and oxygen atoms in total. The second kappa shape index (κ2) is 6.39. The van der Waals surface area contributed by atoms with Crippen LogP contribution in [0.25, 0.3) is 0 Å². The lowest BCUT2D eigenvalue weighted by molar-refractivity contribution is 0.0225. The Kier molecular flexibility index (Phi) is 5.38. The van der Waals surface area contributed by atoms with Gasteiger partial charge in [-0.05, 0) is 38.5 Å². The standard InChI is InChI=1S/C14H21BrN2O2/c1-14(2,3)19-13(18)17(4)12(9-16)10-6-5-7-11(15)8-10/h5-8,12H,9,16H2,1-4H3. The molecule has 1 aromatic rings. The highest BCUT2D eigenvalue weighted by Gasteiger charge is 2.25. The van der Waals surface area contributed by atoms with Crippen molar-refractivity contribution in [2.45, 2.75) is 32.4 Å². The SMILES string of the molecule is CN(C(=O)OC(C)(C)C)C(CN)c1cccc(Br)c1. The van der Waals surface area contributed by atoms with E-state index in [4.69, 9.17) is 10.5 Å². The van der Waals surface area contributed by atoms with Crippen LogP contribution in [0.1, 0.15) is 32.4 Å². The molecule has 0 spiro atoms. The van der Waals surface area contributed by atoms with E-state index in [0.29, 0.717) is 6.54 Å². The van der Waals surface area contributed by atoms with Gasteiger partial charge in [0.2, 0.25) is 0 Å². The first-order valence-corrected chi connectivity index (χ1v) is 6.95. The number of benzene rings is 1. The summed E-state index contributed by atoms with van der Waals surface area (Å²) in [5.41, 5.74) is 6.26. The van der Waals surface area contributed by atoms with Gasteiger partial charge in [-0.25, -0.2) is 4.79 Å². The van der Waals surface area contributed by atoms with Crippen molar-refractivity contribution in [3.05, 3.63) is 34.3 Å². The number of rotatable bonds is 3. The molecule has 1 unspecified atom stereocenters. The van der Waals surface area contributed by atoms with Crippen LogP contribution in [0.4, 0.5) is 4.79 Å². The summed E-state index contributed by atoms with van der Waals surface area (Å²) in [6, 6.07) is 7.56. The van der Waals surface area contributed by atoms with E-state index in [1.54, 1.807) is 7.05 Å². The van der Waals surface area contributed by atoms with Crippen LogP contribution in [0.5, 0.6) is 0 Å². The second-order valence-electron chi connectivity index (χ2n) is 5.40. The molecule has 0 radical (unpaired) electrons. The molecule has 19 heavy (non-hydrogen) atoms. The molecule has 0 aromatic heterocycles. The Morgan fingerprint density at radius 1 is 1.47 bits per heavy atom. The molecule has 0 bridgehead atoms. The molecule has 5 heteroatoms. The first-order valence-electron chi connectivity index (χ1n) is 6.16. The van der Waals surface area contributed by atoms with Gasteiger partial charge in [-0.2, -0.15) is 0 Å². The molecule has 0 aliphatic heterocycles. The molecule has 1 aromatic carbocycles. The number of hydrogen-bond donors (Lipinski definition) is 1. The number of amides is 1. The van der Waals surface area contributed by atoms with E-state index in [1.807, 2.05) is 45.0 Å². The van der Waals surface area contributed by atoms with Crippen LogP contribution in [0.3, 0.4) is 0 Å². The predicted molar refractivity (Wildman–Crippen MR) is 79.9 cm³/mol. The average molecular weight is 329 g/mol. The zero-order valence-electron chi connectivity index (χ0n) is 11.8. The molecule has 0 saturated heterocycles. The van der Waals surface area contributed by atoms with Crippen molar-refractivity contribution in [2.75, 3.05) is 13.6 Å². The minimum Gasteiger partial charge on any atom is -0.444 e. The molecular weight excluding hydrogens is 308 g/mol. The van der Waals surface area contributed by atoms with Crippen LogP contribution < -0.4 is 5.73 Å². The average Bonchev–Trinajstić information content (AvgIpc) is 2.27. The van der Waals surface area contributed by atoms with Crippen molar-refractivity contribution < 1.29 is 9.53 Å². The van der Waals surface area contributed by atoms with E-state index in [0.717, 1.165) is 10.0 Å². The van der Waals surface area contributed by atoms with Gasteiger partial charge in [0.1, 0.15) is 5.60 Å². The molecular formula is C14H21BrN2O2. The Labute approximate surface area is 123 Å². The fourth-order valence-electron chi connectivity index (χ4n) is 1.69. The summed E-state index contributed by atoms with van der Waals surface area (Å²) >= 11 is 3.42. The smallest absolute Gasteiger partial charge is 0.410 e. The Balaban J connectivity index is 2.88. The van der Waals surface area contributed by atoms with E-state index in [1.165, 1.54) is 4.90 Å². The van der Waals surface area contributed by atoms with Crippen LogP contribution in [0, 0.1) is 0 Å². The monoisotopic (exact) mass is 328 g/mol. The van der Waals surface area contributed by atoms with Gasteiger partial charge in [0.05, 0.1) is 6.04 Å². The zero-order chi connectivity index (χ0) is 14.6. The summed E-state index contributed by atoms with van der Waals surface area (Å²) in [5, 5.41) is 0. The van der Waals surface area contributed by atoms with Gasteiger partial charge < -0.3 is 15.4 Å². The maximum atomic E-state index is 12.1. The number of hydrogen-bond acceptors (Lipinski definition) is 3. The third kappa shape index (κ3) is 4.84. The highest BCUT2D eigenvalue weighted by Crippen LogP contribution is 2.23. The van der Waals surface area contributed by atoms with E-state index >= 15 is 0 Å². The minimum atomic E-state index is -0.512. The zero-order valence-corrected chi connectivity index (χ0v) is 13.4. The molecule has 0 saturated carbocycles. The van der Waals surface area contributed by atoms with Crippen molar-refractivity contribution in [1.82, 2.24) is 4.90 Å². The van der Waals surface area contributed by atoms with Gasteiger partial charge >= 0.3 is 6.09 Å². The van der Waals surface area contributed by atoms with Crippen LogP contribution in [0.2, 0.25) is 0 Å². The van der Waals surface area contributed by atoms with Crippen molar-refractivity contribution in [3.8, 4) is 0 Å². The first kappa shape index (κ1) is 16.0. The Bertz CT molecular complexity index is 443. The third-order valence-corrected chi connectivity index (χ3v) is 3.10. The maximum absolute atomic E-state index is 12.1. The van der Waals surface area contributed by atoms with E-state index in [2.05, 4.69) is 15.9 Å². The minimum absolute atomic E-state index is 0.202. The van der Waals surface area contributed by atoms with Crippen LogP contribution >= 0.6 is 15.9 Å². The number of carbonyl (C=O) groups excluding carboxylic acids is 1. The second-order valence-corrected chi connectivity index (χ2v) is 6.31. The molecule has 1 amide bonds. The third-order valence-electron chi connectivity index (χ3n) is 2.61.